The molecular weight excluding hydrogens is 218 g/mol. The normalized spacial score (nSPS) is 31.3. The van der Waals surface area contributed by atoms with E-state index < -0.39 is 0 Å². The van der Waals surface area contributed by atoms with Crippen LogP contribution in [0.3, 0.4) is 0 Å². The van der Waals surface area contributed by atoms with Crippen molar-refractivity contribution in [2.24, 2.45) is 0 Å². The molecule has 1 heteroatoms. The lowest BCUT2D eigenvalue weighted by Crippen LogP contribution is -2.52. The SMILES string of the molecule is C=C1C2(C)c3ccccc3-c3cccc[n+]3C12C. The molecule has 18 heavy (non-hydrogen) atoms. The van der Waals surface area contributed by atoms with Crippen LogP contribution in [0.5, 0.6) is 0 Å². The zero-order valence-electron chi connectivity index (χ0n) is 10.8. The predicted molar refractivity (Wildman–Crippen MR) is 72.2 cm³/mol. The molecule has 1 aromatic carbocycles. The number of benzene rings is 1. The van der Waals surface area contributed by atoms with Crippen molar-refractivity contribution >= 4 is 0 Å². The maximum absolute atomic E-state index is 4.33. The number of rotatable bonds is 0. The number of pyridine rings is 1. The third-order valence-corrected chi connectivity index (χ3v) is 5.19. The topological polar surface area (TPSA) is 3.88 Å². The van der Waals surface area contributed by atoms with Gasteiger partial charge in [-0.1, -0.05) is 24.8 Å². The van der Waals surface area contributed by atoms with E-state index in [1.165, 1.54) is 22.4 Å². The van der Waals surface area contributed by atoms with Crippen LogP contribution in [0.15, 0.2) is 60.8 Å². The second-order valence-corrected chi connectivity index (χ2v) is 5.68. The zero-order chi connectivity index (χ0) is 12.5. The number of allylic oxidation sites excluding steroid dienone is 1. The van der Waals surface area contributed by atoms with Crippen molar-refractivity contribution in [1.82, 2.24) is 0 Å². The van der Waals surface area contributed by atoms with Crippen molar-refractivity contribution in [1.29, 1.82) is 0 Å². The van der Waals surface area contributed by atoms with Crippen molar-refractivity contribution < 1.29 is 4.57 Å². The van der Waals surface area contributed by atoms with E-state index in [-0.39, 0.29) is 11.0 Å². The lowest BCUT2D eigenvalue weighted by Gasteiger charge is -2.23. The summed E-state index contributed by atoms with van der Waals surface area (Å²) in [5.74, 6) is 0. The fourth-order valence-electron chi connectivity index (χ4n) is 3.77. The number of hydrogen-bond donors (Lipinski definition) is 0. The Kier molecular flexibility index (Phi) is 1.54. The molecule has 4 rings (SSSR count). The molecule has 1 fully saturated rings. The van der Waals surface area contributed by atoms with Gasteiger partial charge in [0.05, 0.1) is 11.0 Å². The Morgan fingerprint density at radius 1 is 1.00 bits per heavy atom. The van der Waals surface area contributed by atoms with E-state index in [0.29, 0.717) is 0 Å². The van der Waals surface area contributed by atoms with E-state index in [1.807, 2.05) is 0 Å². The molecule has 1 saturated carbocycles. The Balaban J connectivity index is 2.18. The highest BCUT2D eigenvalue weighted by atomic mass is 15.2. The van der Waals surface area contributed by atoms with Gasteiger partial charge in [-0.2, -0.15) is 4.57 Å². The summed E-state index contributed by atoms with van der Waals surface area (Å²) in [5, 5.41) is 0. The monoisotopic (exact) mass is 234 g/mol. The summed E-state index contributed by atoms with van der Waals surface area (Å²) in [5.41, 5.74) is 5.50. The highest BCUT2D eigenvalue weighted by Gasteiger charge is 2.77. The van der Waals surface area contributed by atoms with Gasteiger partial charge < -0.3 is 0 Å². The smallest absolute Gasteiger partial charge is 0.188 e. The third kappa shape index (κ3) is 0.798. The van der Waals surface area contributed by atoms with Crippen LogP contribution >= 0.6 is 0 Å². The molecule has 88 valence electrons. The largest absolute Gasteiger partial charge is 0.213 e. The molecule has 2 heterocycles. The lowest BCUT2D eigenvalue weighted by molar-refractivity contribution is -0.727. The van der Waals surface area contributed by atoms with E-state index >= 15 is 0 Å². The van der Waals surface area contributed by atoms with Gasteiger partial charge in [-0.15, -0.1) is 0 Å². The molecule has 0 saturated heterocycles. The molecule has 2 aliphatic rings. The zero-order valence-corrected chi connectivity index (χ0v) is 10.8. The summed E-state index contributed by atoms with van der Waals surface area (Å²) in [6.45, 7) is 8.95. The van der Waals surface area contributed by atoms with Gasteiger partial charge in [0, 0.05) is 24.6 Å². The van der Waals surface area contributed by atoms with E-state index in [1.54, 1.807) is 0 Å². The van der Waals surface area contributed by atoms with Crippen LogP contribution in [0.1, 0.15) is 19.4 Å². The molecular formula is C17H16N+. The highest BCUT2D eigenvalue weighted by molar-refractivity contribution is 5.73. The van der Waals surface area contributed by atoms with Gasteiger partial charge in [0.25, 0.3) is 0 Å². The number of hydrogen-bond acceptors (Lipinski definition) is 0. The summed E-state index contributed by atoms with van der Waals surface area (Å²) in [4.78, 5) is 0. The van der Waals surface area contributed by atoms with E-state index in [0.717, 1.165) is 0 Å². The molecule has 0 amide bonds. The quantitative estimate of drug-likeness (QED) is 0.487. The van der Waals surface area contributed by atoms with Crippen molar-refractivity contribution in [3.63, 3.8) is 0 Å². The molecule has 2 aromatic rings. The second kappa shape index (κ2) is 2.74. The van der Waals surface area contributed by atoms with Crippen LogP contribution in [0.4, 0.5) is 0 Å². The summed E-state index contributed by atoms with van der Waals surface area (Å²) < 4.78 is 2.39. The molecule has 1 aliphatic carbocycles. The van der Waals surface area contributed by atoms with Crippen molar-refractivity contribution in [2.75, 3.05) is 0 Å². The molecule has 2 atom stereocenters. The maximum atomic E-state index is 4.33. The molecule has 0 radical (unpaired) electrons. The van der Waals surface area contributed by atoms with Crippen molar-refractivity contribution in [3.05, 3.63) is 66.4 Å². The summed E-state index contributed by atoms with van der Waals surface area (Å²) in [6.07, 6.45) is 2.18. The number of aromatic nitrogens is 1. The van der Waals surface area contributed by atoms with Crippen LogP contribution in [-0.4, -0.2) is 0 Å². The number of nitrogens with zero attached hydrogens (tertiary/aromatic N) is 1. The third-order valence-electron chi connectivity index (χ3n) is 5.19. The molecule has 0 bridgehead atoms. The average molecular weight is 234 g/mol. The Labute approximate surface area is 107 Å². The second-order valence-electron chi connectivity index (χ2n) is 5.68. The highest BCUT2D eigenvalue weighted by Crippen LogP contribution is 2.67. The average Bonchev–Trinajstić information content (AvgIpc) is 2.88. The van der Waals surface area contributed by atoms with Gasteiger partial charge in [0.15, 0.2) is 6.20 Å². The first-order valence-corrected chi connectivity index (χ1v) is 6.42. The van der Waals surface area contributed by atoms with Crippen LogP contribution in [0.2, 0.25) is 0 Å². The molecule has 1 aromatic heterocycles. The van der Waals surface area contributed by atoms with Crippen LogP contribution in [0.25, 0.3) is 11.3 Å². The minimum absolute atomic E-state index is 0.0396. The van der Waals surface area contributed by atoms with Crippen molar-refractivity contribution in [2.45, 2.75) is 24.8 Å². The Bertz CT molecular complexity index is 641. The van der Waals surface area contributed by atoms with E-state index in [9.17, 15) is 0 Å². The molecule has 2 unspecified atom stereocenters. The fraction of sp³-hybridized carbons (Fsp3) is 0.235. The minimum Gasteiger partial charge on any atom is -0.188 e. The first-order chi connectivity index (χ1) is 8.62. The summed E-state index contributed by atoms with van der Waals surface area (Å²) in [7, 11) is 0. The molecule has 1 nitrogen and oxygen atoms in total. The molecule has 1 aliphatic heterocycles. The first kappa shape index (κ1) is 10.1. The van der Waals surface area contributed by atoms with Crippen LogP contribution < -0.4 is 4.57 Å². The van der Waals surface area contributed by atoms with E-state index in [4.69, 9.17) is 0 Å². The van der Waals surface area contributed by atoms with Gasteiger partial charge >= 0.3 is 0 Å². The Morgan fingerprint density at radius 2 is 1.72 bits per heavy atom. The van der Waals surface area contributed by atoms with Gasteiger partial charge in [-0.3, -0.25) is 0 Å². The summed E-state index contributed by atoms with van der Waals surface area (Å²) in [6, 6.07) is 15.1. The van der Waals surface area contributed by atoms with Crippen LogP contribution in [0, 0.1) is 0 Å². The minimum atomic E-state index is 0.0396. The Hall–Kier alpha value is -1.89. The Morgan fingerprint density at radius 3 is 2.56 bits per heavy atom. The standard InChI is InChI=1S/C17H16N/c1-12-16(2)14-9-5-4-8-13(14)15-10-6-7-11-18(15)17(12,16)3/h4-11H,1H2,2-3H3/q+1. The number of fused-ring (bicyclic) bond motifs is 6. The van der Waals surface area contributed by atoms with Gasteiger partial charge in [-0.05, 0) is 24.6 Å². The fourth-order valence-corrected chi connectivity index (χ4v) is 3.77. The first-order valence-electron chi connectivity index (χ1n) is 6.42. The maximum Gasteiger partial charge on any atom is 0.213 e. The van der Waals surface area contributed by atoms with Gasteiger partial charge in [0.2, 0.25) is 11.2 Å². The summed E-state index contributed by atoms with van der Waals surface area (Å²) >= 11 is 0. The van der Waals surface area contributed by atoms with Crippen LogP contribution in [-0.2, 0) is 11.0 Å². The predicted octanol–water partition coefficient (Wildman–Crippen LogP) is 3.20. The van der Waals surface area contributed by atoms with Gasteiger partial charge in [0.1, 0.15) is 0 Å². The van der Waals surface area contributed by atoms with Crippen molar-refractivity contribution in [3.8, 4) is 11.3 Å². The lowest BCUT2D eigenvalue weighted by atomic mass is 9.84. The molecule has 0 N–H and O–H groups in total. The molecule has 0 spiro atoms. The van der Waals surface area contributed by atoms with E-state index in [2.05, 4.69) is 73.7 Å². The van der Waals surface area contributed by atoms with Gasteiger partial charge in [-0.25, -0.2) is 0 Å².